The number of likely N-dealkylation sites (tertiary alicyclic amines) is 1. The maximum absolute atomic E-state index is 12.5. The van der Waals surface area contributed by atoms with Gasteiger partial charge < -0.3 is 15.0 Å². The Hall–Kier alpha value is -1.40. The molecule has 2 fully saturated rings. The van der Waals surface area contributed by atoms with Crippen LogP contribution in [0.25, 0.3) is 0 Å². The summed E-state index contributed by atoms with van der Waals surface area (Å²) < 4.78 is 5.37. The van der Waals surface area contributed by atoms with Crippen LogP contribution in [0.2, 0.25) is 0 Å². The highest BCUT2D eigenvalue weighted by Gasteiger charge is 2.29. The molecule has 6 heteroatoms. The molecule has 27 heavy (non-hydrogen) atoms. The molecular formula is C21H35N3O3. The zero-order chi connectivity index (χ0) is 18.9. The number of ether oxygens (including phenoxy) is 1. The van der Waals surface area contributed by atoms with Crippen LogP contribution in [0.3, 0.4) is 0 Å². The molecule has 152 valence electrons. The van der Waals surface area contributed by atoms with Gasteiger partial charge in [0.25, 0.3) is 0 Å². The molecule has 0 aromatic rings. The molecule has 1 aliphatic carbocycles. The zero-order valence-corrected chi connectivity index (χ0v) is 16.6. The summed E-state index contributed by atoms with van der Waals surface area (Å²) in [5, 5.41) is 3.10. The summed E-state index contributed by atoms with van der Waals surface area (Å²) in [6, 6.07) is 0. The highest BCUT2D eigenvalue weighted by atomic mass is 16.5. The van der Waals surface area contributed by atoms with Crippen LogP contribution in [0.5, 0.6) is 0 Å². The second-order valence-electron chi connectivity index (χ2n) is 8.03. The van der Waals surface area contributed by atoms with Gasteiger partial charge in [-0.2, -0.15) is 0 Å². The number of carbonyl (C=O) groups is 2. The number of amides is 2. The molecule has 2 heterocycles. The van der Waals surface area contributed by atoms with E-state index < -0.39 is 0 Å². The summed E-state index contributed by atoms with van der Waals surface area (Å²) in [5.74, 6) is 0.275. The van der Waals surface area contributed by atoms with Gasteiger partial charge in [0.15, 0.2) is 0 Å². The fraction of sp³-hybridized carbons (Fsp3) is 0.810. The van der Waals surface area contributed by atoms with E-state index in [4.69, 9.17) is 4.74 Å². The van der Waals surface area contributed by atoms with E-state index in [1.165, 1.54) is 31.3 Å². The molecule has 0 aromatic heterocycles. The molecule has 3 rings (SSSR count). The highest BCUT2D eigenvalue weighted by Crippen LogP contribution is 2.20. The van der Waals surface area contributed by atoms with E-state index in [0.29, 0.717) is 19.4 Å². The van der Waals surface area contributed by atoms with Crippen molar-refractivity contribution in [3.63, 3.8) is 0 Å². The summed E-state index contributed by atoms with van der Waals surface area (Å²) in [5.41, 5.74) is 1.49. The smallest absolute Gasteiger partial charge is 0.224 e. The standard InChI is InChI=1S/C21H35N3O3/c25-20-8-7-19(21(26)22-10-9-18-5-2-1-3-6-18)17-24(20)12-4-11-23-13-15-27-16-14-23/h5,19H,1-4,6-17H2,(H,22,26)/t19-/m1/s1. The predicted octanol–water partition coefficient (Wildman–Crippen LogP) is 1.95. The predicted molar refractivity (Wildman–Crippen MR) is 105 cm³/mol. The van der Waals surface area contributed by atoms with Gasteiger partial charge in [-0.15, -0.1) is 0 Å². The SMILES string of the molecule is O=C(NCCC1=CCCCC1)[C@@H]1CCC(=O)N(CCCN2CCOCC2)C1. The van der Waals surface area contributed by atoms with E-state index >= 15 is 0 Å². The molecule has 3 aliphatic rings. The molecule has 0 unspecified atom stereocenters. The van der Waals surface area contributed by atoms with E-state index in [9.17, 15) is 9.59 Å². The van der Waals surface area contributed by atoms with Crippen molar-refractivity contribution >= 4 is 11.8 Å². The Kier molecular flexibility index (Phi) is 8.14. The lowest BCUT2D eigenvalue weighted by Crippen LogP contribution is -2.47. The lowest BCUT2D eigenvalue weighted by Gasteiger charge is -2.33. The first kappa shape index (κ1) is 20.3. The first-order valence-corrected chi connectivity index (χ1v) is 10.8. The number of morpholine rings is 1. The Morgan fingerprint density at radius 2 is 2.04 bits per heavy atom. The minimum Gasteiger partial charge on any atom is -0.379 e. The Bertz CT molecular complexity index is 529. The number of nitrogens with zero attached hydrogens (tertiary/aromatic N) is 2. The van der Waals surface area contributed by atoms with Gasteiger partial charge in [-0.1, -0.05) is 11.6 Å². The fourth-order valence-electron chi connectivity index (χ4n) is 4.28. The number of hydrogen-bond acceptors (Lipinski definition) is 4. The molecule has 1 atom stereocenters. The molecule has 1 N–H and O–H groups in total. The van der Waals surface area contributed by atoms with E-state index in [2.05, 4.69) is 16.3 Å². The third kappa shape index (κ3) is 6.61. The van der Waals surface area contributed by atoms with Crippen molar-refractivity contribution in [1.82, 2.24) is 15.1 Å². The maximum atomic E-state index is 12.5. The van der Waals surface area contributed by atoms with Crippen molar-refractivity contribution in [3.8, 4) is 0 Å². The average Bonchev–Trinajstić information content (AvgIpc) is 2.71. The van der Waals surface area contributed by atoms with Crippen LogP contribution in [-0.2, 0) is 14.3 Å². The topological polar surface area (TPSA) is 61.9 Å². The van der Waals surface area contributed by atoms with E-state index in [1.54, 1.807) is 0 Å². The van der Waals surface area contributed by atoms with Gasteiger partial charge >= 0.3 is 0 Å². The quantitative estimate of drug-likeness (QED) is 0.657. The van der Waals surface area contributed by atoms with Crippen molar-refractivity contribution in [3.05, 3.63) is 11.6 Å². The summed E-state index contributed by atoms with van der Waals surface area (Å²) in [7, 11) is 0. The number of piperidine rings is 1. The minimum atomic E-state index is -0.0496. The Labute approximate surface area is 163 Å². The summed E-state index contributed by atoms with van der Waals surface area (Å²) in [4.78, 5) is 29.0. The van der Waals surface area contributed by atoms with Gasteiger partial charge in [0.05, 0.1) is 19.1 Å². The first-order chi connectivity index (χ1) is 13.2. The van der Waals surface area contributed by atoms with Gasteiger partial charge in [0.2, 0.25) is 11.8 Å². The third-order valence-electron chi connectivity index (χ3n) is 6.01. The normalized spacial score (nSPS) is 24.6. The minimum absolute atomic E-state index is 0.0496. The number of rotatable bonds is 8. The summed E-state index contributed by atoms with van der Waals surface area (Å²) >= 11 is 0. The van der Waals surface area contributed by atoms with Crippen LogP contribution >= 0.6 is 0 Å². The second-order valence-corrected chi connectivity index (χ2v) is 8.03. The Morgan fingerprint density at radius 1 is 1.19 bits per heavy atom. The largest absolute Gasteiger partial charge is 0.379 e. The zero-order valence-electron chi connectivity index (χ0n) is 16.6. The molecule has 2 amide bonds. The number of hydrogen-bond donors (Lipinski definition) is 1. The molecule has 0 spiro atoms. The summed E-state index contributed by atoms with van der Waals surface area (Å²) in [6.45, 7) is 6.64. The van der Waals surface area contributed by atoms with Crippen LogP contribution in [-0.4, -0.2) is 74.1 Å². The van der Waals surface area contributed by atoms with Crippen LogP contribution in [0.1, 0.15) is 51.4 Å². The van der Waals surface area contributed by atoms with Crippen molar-refractivity contribution in [2.45, 2.75) is 51.4 Å². The van der Waals surface area contributed by atoms with Gasteiger partial charge in [-0.05, 0) is 44.9 Å². The van der Waals surface area contributed by atoms with Crippen molar-refractivity contribution in [2.75, 3.05) is 52.5 Å². The lowest BCUT2D eigenvalue weighted by molar-refractivity contribution is -0.138. The molecule has 0 radical (unpaired) electrons. The highest BCUT2D eigenvalue weighted by molar-refractivity contribution is 5.83. The number of allylic oxidation sites excluding steroid dienone is 1. The number of carbonyl (C=O) groups excluding carboxylic acids is 2. The van der Waals surface area contributed by atoms with E-state index in [0.717, 1.165) is 58.8 Å². The van der Waals surface area contributed by atoms with Gasteiger partial charge in [0, 0.05) is 45.7 Å². The van der Waals surface area contributed by atoms with Crippen LogP contribution in [0.15, 0.2) is 11.6 Å². The van der Waals surface area contributed by atoms with Gasteiger partial charge in [0.1, 0.15) is 0 Å². The second kappa shape index (κ2) is 10.8. The van der Waals surface area contributed by atoms with Crippen LogP contribution in [0, 0.1) is 5.92 Å². The molecule has 0 aromatic carbocycles. The van der Waals surface area contributed by atoms with Crippen molar-refractivity contribution in [1.29, 1.82) is 0 Å². The van der Waals surface area contributed by atoms with Crippen LogP contribution in [0.4, 0.5) is 0 Å². The first-order valence-electron chi connectivity index (χ1n) is 10.8. The molecule has 2 saturated heterocycles. The molecule has 2 aliphatic heterocycles. The Balaban J connectivity index is 1.35. The molecule has 6 nitrogen and oxygen atoms in total. The molecule has 0 saturated carbocycles. The molecule has 0 bridgehead atoms. The lowest BCUT2D eigenvalue weighted by atomic mass is 9.95. The van der Waals surface area contributed by atoms with Crippen molar-refractivity contribution in [2.24, 2.45) is 5.92 Å². The van der Waals surface area contributed by atoms with Gasteiger partial charge in [-0.25, -0.2) is 0 Å². The van der Waals surface area contributed by atoms with Gasteiger partial charge in [-0.3, -0.25) is 14.5 Å². The van der Waals surface area contributed by atoms with Crippen LogP contribution < -0.4 is 5.32 Å². The van der Waals surface area contributed by atoms with Crippen molar-refractivity contribution < 1.29 is 14.3 Å². The molecular weight excluding hydrogens is 342 g/mol. The fourth-order valence-corrected chi connectivity index (χ4v) is 4.28. The average molecular weight is 378 g/mol. The monoisotopic (exact) mass is 377 g/mol. The maximum Gasteiger partial charge on any atom is 0.224 e. The van der Waals surface area contributed by atoms with E-state index in [-0.39, 0.29) is 17.7 Å². The van der Waals surface area contributed by atoms with E-state index in [1.807, 2.05) is 4.90 Å². The Morgan fingerprint density at radius 3 is 2.81 bits per heavy atom. The summed E-state index contributed by atoms with van der Waals surface area (Å²) in [6.07, 6.45) is 10.4. The third-order valence-corrected chi connectivity index (χ3v) is 6.01. The number of nitrogens with one attached hydrogen (secondary N) is 1.